The summed E-state index contributed by atoms with van der Waals surface area (Å²) in [4.78, 5) is 0. The van der Waals surface area contributed by atoms with E-state index in [2.05, 4.69) is 0 Å². The van der Waals surface area contributed by atoms with Crippen LogP contribution < -0.4 is 0 Å². The van der Waals surface area contributed by atoms with Crippen molar-refractivity contribution < 1.29 is 182 Å². The van der Waals surface area contributed by atoms with Crippen LogP contribution in [0.2, 0.25) is 0 Å². The first-order chi connectivity index (χ1) is 0. The predicted octanol–water partition coefficient (Wildman–Crippen LogP) is 1.13. The van der Waals surface area contributed by atoms with E-state index in [1.807, 2.05) is 0 Å². The van der Waals surface area contributed by atoms with Crippen LogP contribution in [0.1, 0.15) is 0 Å². The molecular weight excluding hydrogens is 534 g/mol. The van der Waals surface area contributed by atoms with Crippen molar-refractivity contribution >= 4 is 0 Å². The van der Waals surface area contributed by atoms with Gasteiger partial charge < -0.3 is 24.6 Å². The van der Waals surface area contributed by atoms with E-state index in [1.165, 1.54) is 0 Å². The van der Waals surface area contributed by atoms with Gasteiger partial charge in [-0.1, -0.05) is 0 Å². The molecule has 0 rings (SSSR count). The molecule has 4 nitrogen and oxygen atoms in total. The standard InChI is InChI=1S/3Cu.4N.6Ti/q;;;4*-3;;;;3*+4. The second kappa shape index (κ2) is 152. The number of rotatable bonds is 0. The molecule has 3 radical (unpaired) electrons. The summed E-state index contributed by atoms with van der Waals surface area (Å²) in [6, 6.07) is 0. The van der Waals surface area contributed by atoms with Gasteiger partial charge in [-0.05, 0) is 0 Å². The Labute approximate surface area is 202 Å². The Bertz CT molecular complexity index is 19.8. The zero-order valence-corrected chi connectivity index (χ0v) is 17.9. The van der Waals surface area contributed by atoms with Gasteiger partial charge >= 0.3 is 65.2 Å². The Kier molecular flexibility index (Phi) is 2120. The average molecular weight is 534 g/mol. The van der Waals surface area contributed by atoms with Gasteiger partial charge in [-0.3, -0.25) is 0 Å². The van der Waals surface area contributed by atoms with E-state index < -0.39 is 0 Å². The third kappa shape index (κ3) is 135. The Hall–Kier alpha value is 5.68. The summed E-state index contributed by atoms with van der Waals surface area (Å²) in [5.74, 6) is 0. The average Bonchev–Trinajstić information content (AvgIpc) is 0. The summed E-state index contributed by atoms with van der Waals surface area (Å²) in [6.07, 6.45) is 0. The van der Waals surface area contributed by atoms with Crippen molar-refractivity contribution in [3.8, 4) is 0 Å². The smallest absolute Gasteiger partial charge is 3.00 e. The van der Waals surface area contributed by atoms with Crippen molar-refractivity contribution in [1.29, 1.82) is 0 Å². The molecule has 0 spiro atoms. The Morgan fingerprint density at radius 3 is 0.308 bits per heavy atom. The minimum absolute atomic E-state index is 0. The van der Waals surface area contributed by atoms with Crippen LogP contribution >= 0.6 is 0 Å². The van der Waals surface area contributed by atoms with Crippen LogP contribution in [0.4, 0.5) is 0 Å². The molecular formula is Cu3N4Ti6. The molecule has 0 saturated heterocycles. The van der Waals surface area contributed by atoms with E-state index in [1.54, 1.807) is 0 Å². The molecule has 0 aliphatic rings. The summed E-state index contributed by atoms with van der Waals surface area (Å²) in [5, 5.41) is 0. The number of hydrogen-bond donors (Lipinski definition) is 0. The molecule has 0 heterocycles. The van der Waals surface area contributed by atoms with Crippen molar-refractivity contribution in [2.75, 3.05) is 0 Å². The fraction of sp³-hybridized carbons (Fsp3) is 0. The molecule has 0 saturated carbocycles. The van der Waals surface area contributed by atoms with E-state index >= 15 is 0 Å². The van der Waals surface area contributed by atoms with Gasteiger partial charge in [0, 0.05) is 116 Å². The summed E-state index contributed by atoms with van der Waals surface area (Å²) in [7, 11) is 0. The monoisotopic (exact) mass is 532 g/mol. The van der Waals surface area contributed by atoms with Crippen LogP contribution in [0, 0.1) is 0 Å². The Morgan fingerprint density at radius 1 is 0.308 bits per heavy atom. The minimum Gasteiger partial charge on any atom is -3.00 e. The molecule has 0 aliphatic carbocycles. The molecule has 13 heteroatoms. The molecule has 0 bridgehead atoms. The van der Waals surface area contributed by atoms with Crippen LogP contribution in [-0.4, -0.2) is 0 Å². The van der Waals surface area contributed by atoms with Gasteiger partial charge in [0.15, 0.2) is 0 Å². The van der Waals surface area contributed by atoms with Crippen molar-refractivity contribution in [2.24, 2.45) is 0 Å². The fourth-order valence-electron chi connectivity index (χ4n) is 0. The van der Waals surface area contributed by atoms with Crippen LogP contribution in [0.3, 0.4) is 0 Å². The first kappa shape index (κ1) is 181. The second-order valence-electron chi connectivity index (χ2n) is 0. The normalized spacial score (nSPS) is 0. The molecule has 77 valence electrons. The number of nitrogens with zero attached hydrogens (tertiary/aromatic N) is 4. The molecule has 0 aromatic rings. The van der Waals surface area contributed by atoms with Gasteiger partial charge in [-0.25, -0.2) is 0 Å². The van der Waals surface area contributed by atoms with E-state index in [0.717, 1.165) is 0 Å². The van der Waals surface area contributed by atoms with Crippen molar-refractivity contribution in [3.63, 3.8) is 0 Å². The van der Waals surface area contributed by atoms with Crippen LogP contribution in [-0.2, 0) is 182 Å². The Morgan fingerprint density at radius 2 is 0.308 bits per heavy atom. The fourth-order valence-corrected chi connectivity index (χ4v) is 0. The van der Waals surface area contributed by atoms with Crippen molar-refractivity contribution in [1.82, 2.24) is 0 Å². The summed E-state index contributed by atoms with van der Waals surface area (Å²) >= 11 is 0. The largest absolute Gasteiger partial charge is 4.00 e. The maximum Gasteiger partial charge on any atom is 4.00 e. The molecule has 0 N–H and O–H groups in total. The molecule has 13 heavy (non-hydrogen) atoms. The van der Waals surface area contributed by atoms with Crippen LogP contribution in [0.5, 0.6) is 0 Å². The van der Waals surface area contributed by atoms with Crippen LogP contribution in [0.25, 0.3) is 24.6 Å². The second-order valence-corrected chi connectivity index (χ2v) is 0. The zero-order valence-electron chi connectivity index (χ0n) is 5.69. The molecule has 0 aromatic heterocycles. The third-order valence-electron chi connectivity index (χ3n) is 0. The topological polar surface area (TPSA) is 122 Å². The molecule has 0 amide bonds. The first-order valence-corrected chi connectivity index (χ1v) is 0. The third-order valence-corrected chi connectivity index (χ3v) is 0. The van der Waals surface area contributed by atoms with Gasteiger partial charge in [0.2, 0.25) is 0 Å². The number of hydrogen-bond acceptors (Lipinski definition) is 0. The molecule has 0 fully saturated rings. The van der Waals surface area contributed by atoms with E-state index in [4.69, 9.17) is 0 Å². The SMILES string of the molecule is [Cu].[Cu].[Cu].[N-3].[N-3].[N-3].[N-3].[Ti+4].[Ti+4].[Ti+4].[Ti].[Ti].[Ti]. The summed E-state index contributed by atoms with van der Waals surface area (Å²) < 4.78 is 0. The molecule has 0 aliphatic heterocycles. The maximum atomic E-state index is 0. The zero-order chi connectivity index (χ0) is 0. The van der Waals surface area contributed by atoms with Gasteiger partial charge in [0.05, 0.1) is 0 Å². The van der Waals surface area contributed by atoms with Gasteiger partial charge in [0.25, 0.3) is 0 Å². The van der Waals surface area contributed by atoms with Gasteiger partial charge in [-0.2, -0.15) is 0 Å². The van der Waals surface area contributed by atoms with Crippen molar-refractivity contribution in [2.45, 2.75) is 0 Å². The van der Waals surface area contributed by atoms with E-state index in [0.29, 0.717) is 0 Å². The van der Waals surface area contributed by atoms with Gasteiger partial charge in [0.1, 0.15) is 0 Å². The predicted molar refractivity (Wildman–Crippen MR) is 13.4 cm³/mol. The minimum atomic E-state index is 0. The van der Waals surface area contributed by atoms with Crippen LogP contribution in [0.15, 0.2) is 0 Å². The quantitative estimate of drug-likeness (QED) is 0.415. The Balaban J connectivity index is 0. The summed E-state index contributed by atoms with van der Waals surface area (Å²) in [5.41, 5.74) is 0. The van der Waals surface area contributed by atoms with E-state index in [9.17, 15) is 0 Å². The molecule has 0 atom stereocenters. The molecule has 0 unspecified atom stereocenters. The maximum absolute atomic E-state index is 0. The summed E-state index contributed by atoms with van der Waals surface area (Å²) in [6.45, 7) is 0. The first-order valence-electron chi connectivity index (χ1n) is 0. The van der Waals surface area contributed by atoms with Gasteiger partial charge in [-0.15, -0.1) is 0 Å². The molecule has 0 aromatic carbocycles. The van der Waals surface area contributed by atoms with Crippen molar-refractivity contribution in [3.05, 3.63) is 24.6 Å². The van der Waals surface area contributed by atoms with E-state index in [-0.39, 0.29) is 206 Å².